The van der Waals surface area contributed by atoms with Crippen LogP contribution in [0.3, 0.4) is 0 Å². The number of benzene rings is 1. The lowest BCUT2D eigenvalue weighted by Gasteiger charge is -2.26. The molecule has 0 aliphatic carbocycles. The van der Waals surface area contributed by atoms with E-state index in [4.69, 9.17) is 5.73 Å². The van der Waals surface area contributed by atoms with Gasteiger partial charge in [-0.25, -0.2) is 4.39 Å². The first-order valence-electron chi connectivity index (χ1n) is 6.87. The molecule has 1 amide bonds. The molecule has 0 saturated carbocycles. The molecule has 2 unspecified atom stereocenters. The lowest BCUT2D eigenvalue weighted by atomic mass is 9.99. The van der Waals surface area contributed by atoms with Crippen LogP contribution in [0.25, 0.3) is 0 Å². The van der Waals surface area contributed by atoms with E-state index >= 15 is 0 Å². The Balaban J connectivity index is 2.02. The lowest BCUT2D eigenvalue weighted by Crippen LogP contribution is -2.42. The van der Waals surface area contributed by atoms with Crippen LogP contribution < -0.4 is 5.73 Å². The Morgan fingerprint density at radius 2 is 2.26 bits per heavy atom. The van der Waals surface area contributed by atoms with Gasteiger partial charge in [0, 0.05) is 25.0 Å². The molecule has 1 fully saturated rings. The van der Waals surface area contributed by atoms with Crippen molar-refractivity contribution in [3.63, 3.8) is 0 Å². The Bertz CT molecular complexity index is 450. The molecule has 0 bridgehead atoms. The Morgan fingerprint density at radius 3 is 2.95 bits per heavy atom. The highest BCUT2D eigenvalue weighted by molar-refractivity contribution is 5.79. The fraction of sp³-hybridized carbons (Fsp3) is 0.533. The van der Waals surface area contributed by atoms with E-state index in [0.717, 1.165) is 19.4 Å². The van der Waals surface area contributed by atoms with E-state index in [-0.39, 0.29) is 23.7 Å². The van der Waals surface area contributed by atoms with Crippen molar-refractivity contribution < 1.29 is 9.18 Å². The third-order valence-electron chi connectivity index (χ3n) is 3.84. The summed E-state index contributed by atoms with van der Waals surface area (Å²) >= 11 is 0. The van der Waals surface area contributed by atoms with Crippen molar-refractivity contribution in [3.05, 3.63) is 35.6 Å². The average molecular weight is 264 g/mol. The molecule has 0 radical (unpaired) electrons. The summed E-state index contributed by atoms with van der Waals surface area (Å²) in [7, 11) is 0. The quantitative estimate of drug-likeness (QED) is 0.903. The Morgan fingerprint density at radius 1 is 1.53 bits per heavy atom. The molecule has 2 rings (SSSR count). The molecule has 1 aromatic rings. The highest BCUT2D eigenvalue weighted by atomic mass is 19.1. The molecule has 1 saturated heterocycles. The van der Waals surface area contributed by atoms with Gasteiger partial charge in [0.05, 0.1) is 0 Å². The predicted molar refractivity (Wildman–Crippen MR) is 73.1 cm³/mol. The number of carbonyl (C=O) groups excluding carboxylic acids is 1. The molecule has 104 valence electrons. The summed E-state index contributed by atoms with van der Waals surface area (Å²) in [5, 5.41) is 0. The zero-order chi connectivity index (χ0) is 13.8. The third kappa shape index (κ3) is 3.13. The van der Waals surface area contributed by atoms with Crippen LogP contribution in [0.4, 0.5) is 4.39 Å². The lowest BCUT2D eigenvalue weighted by molar-refractivity contribution is -0.135. The predicted octanol–water partition coefficient (Wildman–Crippen LogP) is 1.95. The van der Waals surface area contributed by atoms with Gasteiger partial charge in [-0.05, 0) is 30.9 Å². The Labute approximate surface area is 113 Å². The van der Waals surface area contributed by atoms with Gasteiger partial charge in [0.2, 0.25) is 5.91 Å². The second-order valence-corrected chi connectivity index (χ2v) is 5.26. The minimum Gasteiger partial charge on any atom is -0.338 e. The fourth-order valence-electron chi connectivity index (χ4n) is 2.74. The number of halogens is 1. The SMILES string of the molecule is CC(Cc1ccccc1F)C(=O)N1CCCC1CN. The van der Waals surface area contributed by atoms with E-state index in [1.165, 1.54) is 6.07 Å². The molecule has 0 aromatic heterocycles. The summed E-state index contributed by atoms with van der Waals surface area (Å²) in [6.07, 6.45) is 2.44. The van der Waals surface area contributed by atoms with Gasteiger partial charge in [-0.2, -0.15) is 0 Å². The van der Waals surface area contributed by atoms with Crippen molar-refractivity contribution in [2.75, 3.05) is 13.1 Å². The van der Waals surface area contributed by atoms with Gasteiger partial charge in [-0.1, -0.05) is 25.1 Å². The minimum atomic E-state index is -0.237. The second-order valence-electron chi connectivity index (χ2n) is 5.26. The maximum absolute atomic E-state index is 13.6. The van der Waals surface area contributed by atoms with Crippen LogP contribution in [0.15, 0.2) is 24.3 Å². The normalized spacial score (nSPS) is 20.6. The van der Waals surface area contributed by atoms with Crippen molar-refractivity contribution in [1.82, 2.24) is 4.90 Å². The number of carbonyl (C=O) groups is 1. The monoisotopic (exact) mass is 264 g/mol. The van der Waals surface area contributed by atoms with E-state index < -0.39 is 0 Å². The van der Waals surface area contributed by atoms with Crippen LogP contribution in [0.2, 0.25) is 0 Å². The molecule has 1 heterocycles. The number of likely N-dealkylation sites (tertiary alicyclic amines) is 1. The molecule has 3 nitrogen and oxygen atoms in total. The average Bonchev–Trinajstić information content (AvgIpc) is 2.88. The van der Waals surface area contributed by atoms with Gasteiger partial charge in [0.1, 0.15) is 5.82 Å². The van der Waals surface area contributed by atoms with Gasteiger partial charge in [-0.15, -0.1) is 0 Å². The standard InChI is InChI=1S/C15H21FN2O/c1-11(9-12-5-2-3-7-14(12)16)15(19)18-8-4-6-13(18)10-17/h2-3,5,7,11,13H,4,6,8-10,17H2,1H3. The topological polar surface area (TPSA) is 46.3 Å². The molecular weight excluding hydrogens is 243 g/mol. The first-order valence-corrected chi connectivity index (χ1v) is 6.87. The van der Waals surface area contributed by atoms with Gasteiger partial charge < -0.3 is 10.6 Å². The minimum absolute atomic E-state index is 0.0937. The van der Waals surface area contributed by atoms with Crippen molar-refractivity contribution >= 4 is 5.91 Å². The van der Waals surface area contributed by atoms with E-state index in [0.29, 0.717) is 18.5 Å². The maximum atomic E-state index is 13.6. The summed E-state index contributed by atoms with van der Waals surface area (Å²) in [4.78, 5) is 14.2. The van der Waals surface area contributed by atoms with E-state index in [1.807, 2.05) is 11.8 Å². The summed E-state index contributed by atoms with van der Waals surface area (Å²) < 4.78 is 13.6. The van der Waals surface area contributed by atoms with Crippen LogP contribution in [-0.2, 0) is 11.2 Å². The molecule has 1 aliphatic rings. The number of hydrogen-bond acceptors (Lipinski definition) is 2. The number of rotatable bonds is 4. The zero-order valence-electron chi connectivity index (χ0n) is 11.3. The molecule has 1 aromatic carbocycles. The van der Waals surface area contributed by atoms with E-state index in [2.05, 4.69) is 0 Å². The van der Waals surface area contributed by atoms with Crippen molar-refractivity contribution in [3.8, 4) is 0 Å². The fourth-order valence-corrected chi connectivity index (χ4v) is 2.74. The molecule has 1 aliphatic heterocycles. The summed E-state index contributed by atoms with van der Waals surface area (Å²) in [5.74, 6) is -0.348. The first kappa shape index (κ1) is 14.0. The van der Waals surface area contributed by atoms with Crippen molar-refractivity contribution in [2.45, 2.75) is 32.2 Å². The third-order valence-corrected chi connectivity index (χ3v) is 3.84. The Kier molecular flexibility index (Phi) is 4.53. The number of amides is 1. The highest BCUT2D eigenvalue weighted by Gasteiger charge is 2.30. The van der Waals surface area contributed by atoms with Crippen molar-refractivity contribution in [1.29, 1.82) is 0 Å². The van der Waals surface area contributed by atoms with Crippen LogP contribution in [0, 0.1) is 11.7 Å². The molecule has 2 atom stereocenters. The largest absolute Gasteiger partial charge is 0.338 e. The summed E-state index contributed by atoms with van der Waals surface area (Å²) in [6.45, 7) is 3.15. The smallest absolute Gasteiger partial charge is 0.226 e. The van der Waals surface area contributed by atoms with Gasteiger partial charge in [0.15, 0.2) is 0 Å². The van der Waals surface area contributed by atoms with Gasteiger partial charge >= 0.3 is 0 Å². The maximum Gasteiger partial charge on any atom is 0.226 e. The van der Waals surface area contributed by atoms with E-state index in [1.54, 1.807) is 18.2 Å². The highest BCUT2D eigenvalue weighted by Crippen LogP contribution is 2.21. The first-order chi connectivity index (χ1) is 9.13. The molecule has 19 heavy (non-hydrogen) atoms. The number of nitrogens with two attached hydrogens (primary N) is 1. The van der Waals surface area contributed by atoms with Gasteiger partial charge in [-0.3, -0.25) is 4.79 Å². The van der Waals surface area contributed by atoms with Crippen LogP contribution >= 0.6 is 0 Å². The molecule has 0 spiro atoms. The number of hydrogen-bond donors (Lipinski definition) is 1. The summed E-state index contributed by atoms with van der Waals surface area (Å²) in [5.41, 5.74) is 6.29. The van der Waals surface area contributed by atoms with E-state index in [9.17, 15) is 9.18 Å². The second kappa shape index (κ2) is 6.15. The van der Waals surface area contributed by atoms with Gasteiger partial charge in [0.25, 0.3) is 0 Å². The van der Waals surface area contributed by atoms with Crippen LogP contribution in [-0.4, -0.2) is 29.9 Å². The Hall–Kier alpha value is -1.42. The molecular formula is C15H21FN2O. The summed E-state index contributed by atoms with van der Waals surface area (Å²) in [6, 6.07) is 6.80. The zero-order valence-corrected chi connectivity index (χ0v) is 11.3. The van der Waals surface area contributed by atoms with Crippen LogP contribution in [0.1, 0.15) is 25.3 Å². The number of nitrogens with zero attached hydrogens (tertiary/aromatic N) is 1. The van der Waals surface area contributed by atoms with Crippen LogP contribution in [0.5, 0.6) is 0 Å². The molecule has 2 N–H and O–H groups in total. The molecule has 4 heteroatoms. The van der Waals surface area contributed by atoms with Crippen molar-refractivity contribution in [2.24, 2.45) is 11.7 Å².